The van der Waals surface area contributed by atoms with Crippen molar-refractivity contribution in [3.8, 4) is 6.07 Å². The Balaban J connectivity index is 2.82. The fourth-order valence-electron chi connectivity index (χ4n) is 1.12. The van der Waals surface area contributed by atoms with Crippen molar-refractivity contribution in [2.45, 2.75) is 20.0 Å². The lowest BCUT2D eigenvalue weighted by molar-refractivity contribution is 0.130. The van der Waals surface area contributed by atoms with Crippen LogP contribution < -0.4 is 11.1 Å². The summed E-state index contributed by atoms with van der Waals surface area (Å²) >= 11 is 0. The highest BCUT2D eigenvalue weighted by Gasteiger charge is 2.09. The van der Waals surface area contributed by atoms with E-state index >= 15 is 0 Å². The molecular weight excluding hydrogens is 206 g/mol. The average Bonchev–Trinajstić information content (AvgIpc) is 2.19. The first-order valence-electron chi connectivity index (χ1n) is 4.80. The summed E-state index contributed by atoms with van der Waals surface area (Å²) in [5, 5.41) is 11.3. The van der Waals surface area contributed by atoms with Crippen LogP contribution in [-0.2, 0) is 4.74 Å². The lowest BCUT2D eigenvalue weighted by Gasteiger charge is -2.10. The molecule has 0 saturated heterocycles. The number of nitriles is 1. The van der Waals surface area contributed by atoms with Crippen LogP contribution in [0.1, 0.15) is 19.4 Å². The molecule has 1 rings (SSSR count). The van der Waals surface area contributed by atoms with Gasteiger partial charge in [-0.2, -0.15) is 5.26 Å². The predicted molar refractivity (Wildman–Crippen MR) is 60.8 cm³/mol. The van der Waals surface area contributed by atoms with Crippen molar-refractivity contribution in [3.05, 3.63) is 23.8 Å². The SMILES string of the molecule is CC(C)OC(=O)Nc1ccc(N)cc1C#N. The van der Waals surface area contributed by atoms with E-state index in [1.54, 1.807) is 26.0 Å². The summed E-state index contributed by atoms with van der Waals surface area (Å²) in [6.45, 7) is 3.49. The van der Waals surface area contributed by atoms with Crippen LogP contribution in [0.3, 0.4) is 0 Å². The second kappa shape index (κ2) is 5.03. The van der Waals surface area contributed by atoms with Crippen LogP contribution in [0.25, 0.3) is 0 Å². The highest BCUT2D eigenvalue weighted by atomic mass is 16.6. The normalized spacial score (nSPS) is 9.62. The zero-order valence-electron chi connectivity index (χ0n) is 9.15. The fraction of sp³-hybridized carbons (Fsp3) is 0.273. The van der Waals surface area contributed by atoms with Crippen molar-refractivity contribution in [3.63, 3.8) is 0 Å². The van der Waals surface area contributed by atoms with Crippen molar-refractivity contribution in [1.29, 1.82) is 5.26 Å². The average molecular weight is 219 g/mol. The molecule has 16 heavy (non-hydrogen) atoms. The van der Waals surface area contributed by atoms with Crippen LogP contribution in [0.5, 0.6) is 0 Å². The van der Waals surface area contributed by atoms with Crippen molar-refractivity contribution in [1.82, 2.24) is 0 Å². The van der Waals surface area contributed by atoms with Gasteiger partial charge in [0.2, 0.25) is 0 Å². The Morgan fingerprint density at radius 1 is 1.56 bits per heavy atom. The van der Waals surface area contributed by atoms with E-state index in [0.717, 1.165) is 0 Å². The number of hydrogen-bond donors (Lipinski definition) is 2. The molecule has 0 radical (unpaired) electrons. The number of nitrogen functional groups attached to an aromatic ring is 1. The number of nitrogens with two attached hydrogens (primary N) is 1. The molecule has 5 heteroatoms. The van der Waals surface area contributed by atoms with Gasteiger partial charge in [0.15, 0.2) is 0 Å². The molecule has 84 valence electrons. The molecule has 0 aliphatic heterocycles. The van der Waals surface area contributed by atoms with Crippen LogP contribution in [-0.4, -0.2) is 12.2 Å². The minimum absolute atomic E-state index is 0.209. The van der Waals surface area contributed by atoms with E-state index in [2.05, 4.69) is 5.32 Å². The van der Waals surface area contributed by atoms with Gasteiger partial charge in [-0.3, -0.25) is 5.32 Å². The third-order valence-electron chi connectivity index (χ3n) is 1.74. The van der Waals surface area contributed by atoms with Gasteiger partial charge in [-0.25, -0.2) is 4.79 Å². The molecule has 0 atom stereocenters. The Morgan fingerprint density at radius 3 is 2.81 bits per heavy atom. The maximum absolute atomic E-state index is 11.3. The van der Waals surface area contributed by atoms with Crippen LogP contribution in [0.4, 0.5) is 16.2 Å². The number of amides is 1. The summed E-state index contributed by atoms with van der Waals surface area (Å²) in [6, 6.07) is 6.60. The van der Waals surface area contributed by atoms with E-state index in [1.807, 2.05) is 6.07 Å². The maximum Gasteiger partial charge on any atom is 0.411 e. The van der Waals surface area contributed by atoms with Gasteiger partial charge in [-0.1, -0.05) is 0 Å². The molecule has 0 saturated carbocycles. The number of ether oxygens (including phenoxy) is 1. The smallest absolute Gasteiger partial charge is 0.411 e. The van der Waals surface area contributed by atoms with Crippen molar-refractivity contribution < 1.29 is 9.53 Å². The fourth-order valence-corrected chi connectivity index (χ4v) is 1.12. The Morgan fingerprint density at radius 2 is 2.25 bits per heavy atom. The molecular formula is C11H13N3O2. The Kier molecular flexibility index (Phi) is 3.72. The quantitative estimate of drug-likeness (QED) is 0.745. The molecule has 0 heterocycles. The predicted octanol–water partition coefficient (Wildman–Crippen LogP) is 2.10. The van der Waals surface area contributed by atoms with Gasteiger partial charge in [0.1, 0.15) is 6.07 Å². The zero-order valence-corrected chi connectivity index (χ0v) is 9.15. The standard InChI is InChI=1S/C11H13N3O2/c1-7(2)16-11(15)14-10-4-3-9(13)5-8(10)6-12/h3-5,7H,13H2,1-2H3,(H,14,15). The Bertz CT molecular complexity index is 435. The van der Waals surface area contributed by atoms with E-state index in [0.29, 0.717) is 16.9 Å². The molecule has 0 aliphatic carbocycles. The zero-order chi connectivity index (χ0) is 12.1. The van der Waals surface area contributed by atoms with Gasteiger partial charge < -0.3 is 10.5 Å². The van der Waals surface area contributed by atoms with Crippen LogP contribution in [0.2, 0.25) is 0 Å². The van der Waals surface area contributed by atoms with E-state index < -0.39 is 6.09 Å². The highest BCUT2D eigenvalue weighted by Crippen LogP contribution is 2.18. The summed E-state index contributed by atoms with van der Waals surface area (Å²) in [7, 11) is 0. The van der Waals surface area contributed by atoms with Crippen molar-refractivity contribution >= 4 is 17.5 Å². The summed E-state index contributed by atoms with van der Waals surface area (Å²) in [4.78, 5) is 11.3. The van der Waals surface area contributed by atoms with Gasteiger partial charge in [0.25, 0.3) is 0 Å². The number of anilines is 2. The van der Waals surface area contributed by atoms with E-state index in [-0.39, 0.29) is 6.10 Å². The molecule has 3 N–H and O–H groups in total. The van der Waals surface area contributed by atoms with Crippen molar-refractivity contribution in [2.24, 2.45) is 0 Å². The summed E-state index contributed by atoms with van der Waals surface area (Å²) in [6.07, 6.45) is -0.796. The highest BCUT2D eigenvalue weighted by molar-refractivity contribution is 5.87. The number of nitrogens with zero attached hydrogens (tertiary/aromatic N) is 1. The van der Waals surface area contributed by atoms with Gasteiger partial charge in [-0.05, 0) is 32.0 Å². The summed E-state index contributed by atoms with van der Waals surface area (Å²) < 4.78 is 4.89. The van der Waals surface area contributed by atoms with Crippen LogP contribution >= 0.6 is 0 Å². The summed E-state index contributed by atoms with van der Waals surface area (Å²) in [5.41, 5.74) is 6.69. The Hall–Kier alpha value is -2.22. The van der Waals surface area contributed by atoms with Gasteiger partial charge >= 0.3 is 6.09 Å². The first-order chi connectivity index (χ1) is 7.52. The molecule has 0 aliphatic rings. The van der Waals surface area contributed by atoms with Gasteiger partial charge in [-0.15, -0.1) is 0 Å². The van der Waals surface area contributed by atoms with Gasteiger partial charge in [0.05, 0.1) is 17.4 Å². The second-order valence-electron chi connectivity index (χ2n) is 3.50. The Labute approximate surface area is 93.8 Å². The lowest BCUT2D eigenvalue weighted by Crippen LogP contribution is -2.18. The number of nitrogens with one attached hydrogen (secondary N) is 1. The number of benzene rings is 1. The minimum atomic E-state index is -0.587. The molecule has 0 aromatic heterocycles. The third-order valence-corrected chi connectivity index (χ3v) is 1.74. The number of rotatable bonds is 2. The first-order valence-corrected chi connectivity index (χ1v) is 4.80. The van der Waals surface area contributed by atoms with E-state index in [9.17, 15) is 4.79 Å². The molecule has 1 aromatic rings. The third kappa shape index (κ3) is 3.17. The largest absolute Gasteiger partial charge is 0.447 e. The number of hydrogen-bond acceptors (Lipinski definition) is 4. The molecule has 0 unspecified atom stereocenters. The molecule has 0 fully saturated rings. The first kappa shape index (κ1) is 11.9. The lowest BCUT2D eigenvalue weighted by atomic mass is 10.2. The number of carbonyl (C=O) groups excluding carboxylic acids is 1. The maximum atomic E-state index is 11.3. The van der Waals surface area contributed by atoms with Crippen LogP contribution in [0.15, 0.2) is 18.2 Å². The molecule has 0 bridgehead atoms. The number of carbonyl (C=O) groups is 1. The minimum Gasteiger partial charge on any atom is -0.447 e. The van der Waals surface area contributed by atoms with Gasteiger partial charge in [0, 0.05) is 5.69 Å². The van der Waals surface area contributed by atoms with Crippen molar-refractivity contribution in [2.75, 3.05) is 11.1 Å². The summed E-state index contributed by atoms with van der Waals surface area (Å²) in [5.74, 6) is 0. The second-order valence-corrected chi connectivity index (χ2v) is 3.50. The van der Waals surface area contributed by atoms with E-state index in [4.69, 9.17) is 15.7 Å². The monoisotopic (exact) mass is 219 g/mol. The molecule has 5 nitrogen and oxygen atoms in total. The molecule has 0 spiro atoms. The molecule has 1 amide bonds. The topological polar surface area (TPSA) is 88.1 Å². The van der Waals surface area contributed by atoms with Crippen LogP contribution in [0, 0.1) is 11.3 Å². The van der Waals surface area contributed by atoms with E-state index in [1.165, 1.54) is 6.07 Å². The molecule has 1 aromatic carbocycles.